The maximum Gasteiger partial charge on any atom is 0.228 e. The Hall–Kier alpha value is -2.89. The summed E-state index contributed by atoms with van der Waals surface area (Å²) in [6.45, 7) is 2.13. The Bertz CT molecular complexity index is 868. The summed E-state index contributed by atoms with van der Waals surface area (Å²) in [7, 11) is 0. The number of anilines is 2. The number of carbonyl (C=O) groups is 2. The number of nitrogens with one attached hydrogen (secondary N) is 2. The van der Waals surface area contributed by atoms with Gasteiger partial charge in [-0.15, -0.1) is 0 Å². The molecule has 2 aromatic carbocycles. The highest BCUT2D eigenvalue weighted by Crippen LogP contribution is 2.33. The van der Waals surface area contributed by atoms with Crippen LogP contribution in [0.3, 0.4) is 0 Å². The Labute approximate surface area is 151 Å². The van der Waals surface area contributed by atoms with Crippen LogP contribution in [0.4, 0.5) is 15.8 Å². The highest BCUT2D eigenvalue weighted by molar-refractivity contribution is 6.01. The molecule has 1 atom stereocenters. The molecule has 2 amide bonds. The van der Waals surface area contributed by atoms with E-state index in [4.69, 9.17) is 0 Å². The third-order valence-electron chi connectivity index (χ3n) is 5.03. The molecule has 2 heterocycles. The van der Waals surface area contributed by atoms with Crippen molar-refractivity contribution < 1.29 is 14.0 Å². The molecule has 6 heteroatoms. The minimum Gasteiger partial charge on any atom is -0.369 e. The van der Waals surface area contributed by atoms with E-state index in [1.165, 1.54) is 29.4 Å². The summed E-state index contributed by atoms with van der Waals surface area (Å²) in [5.74, 6) is -1.52. The van der Waals surface area contributed by atoms with Crippen LogP contribution < -0.4 is 15.5 Å². The monoisotopic (exact) mass is 353 g/mol. The van der Waals surface area contributed by atoms with E-state index in [0.717, 1.165) is 13.0 Å². The molecule has 2 aromatic rings. The quantitative estimate of drug-likeness (QED) is 0.887. The number of amides is 2. The third-order valence-corrected chi connectivity index (χ3v) is 5.03. The number of fused-ring (bicyclic) bond motifs is 2. The summed E-state index contributed by atoms with van der Waals surface area (Å²) in [6.07, 6.45) is 1.05. The fourth-order valence-electron chi connectivity index (χ4n) is 3.74. The summed E-state index contributed by atoms with van der Waals surface area (Å²) in [5.41, 5.74) is 3.59. The number of rotatable bonds is 4. The second-order valence-electron chi connectivity index (χ2n) is 6.69. The number of benzene rings is 2. The lowest BCUT2D eigenvalue weighted by atomic mass is 9.89. The van der Waals surface area contributed by atoms with Gasteiger partial charge in [-0.1, -0.05) is 18.2 Å². The Balaban J connectivity index is 1.40. The van der Waals surface area contributed by atoms with Gasteiger partial charge in [-0.2, -0.15) is 0 Å². The van der Waals surface area contributed by atoms with Gasteiger partial charge in [0.1, 0.15) is 5.82 Å². The van der Waals surface area contributed by atoms with Gasteiger partial charge in [-0.3, -0.25) is 9.59 Å². The molecule has 4 rings (SSSR count). The van der Waals surface area contributed by atoms with Crippen molar-refractivity contribution in [2.45, 2.75) is 18.8 Å². The smallest absolute Gasteiger partial charge is 0.228 e. The van der Waals surface area contributed by atoms with Crippen LogP contribution in [-0.4, -0.2) is 31.4 Å². The lowest BCUT2D eigenvalue weighted by molar-refractivity contribution is -0.126. The molecule has 0 aromatic heterocycles. The highest BCUT2D eigenvalue weighted by atomic mass is 19.1. The summed E-state index contributed by atoms with van der Waals surface area (Å²) >= 11 is 0. The van der Waals surface area contributed by atoms with Gasteiger partial charge in [0.25, 0.3) is 0 Å². The second kappa shape index (κ2) is 6.78. The van der Waals surface area contributed by atoms with Crippen LogP contribution in [0.1, 0.15) is 23.5 Å². The van der Waals surface area contributed by atoms with Crippen molar-refractivity contribution in [3.63, 3.8) is 0 Å². The zero-order valence-electron chi connectivity index (χ0n) is 14.3. The second-order valence-corrected chi connectivity index (χ2v) is 6.69. The SMILES string of the molecule is O=C1C[C@H](C(=O)NCCN2CCc3ccccc32)c2cc(F)ccc2N1. The fraction of sp³-hybridized carbons (Fsp3) is 0.300. The maximum absolute atomic E-state index is 13.6. The van der Waals surface area contributed by atoms with Crippen molar-refractivity contribution in [2.75, 3.05) is 29.9 Å². The number of nitrogens with zero attached hydrogens (tertiary/aromatic N) is 1. The first-order valence-corrected chi connectivity index (χ1v) is 8.81. The first kappa shape index (κ1) is 16.6. The molecule has 0 saturated carbocycles. The molecule has 5 nitrogen and oxygen atoms in total. The van der Waals surface area contributed by atoms with E-state index in [-0.39, 0.29) is 18.2 Å². The average molecular weight is 353 g/mol. The van der Waals surface area contributed by atoms with Crippen LogP contribution in [-0.2, 0) is 16.0 Å². The fourth-order valence-corrected chi connectivity index (χ4v) is 3.74. The van der Waals surface area contributed by atoms with Gasteiger partial charge in [-0.05, 0) is 41.8 Å². The minimum absolute atomic E-state index is 0.0365. The summed E-state index contributed by atoms with van der Waals surface area (Å²) in [4.78, 5) is 26.7. The molecule has 134 valence electrons. The molecule has 0 fully saturated rings. The number of para-hydroxylation sites is 1. The van der Waals surface area contributed by atoms with Crippen LogP contribution in [0.15, 0.2) is 42.5 Å². The molecular formula is C20H20FN3O2. The predicted molar refractivity (Wildman–Crippen MR) is 97.8 cm³/mol. The summed E-state index contributed by atoms with van der Waals surface area (Å²) in [5, 5.41) is 5.60. The first-order valence-electron chi connectivity index (χ1n) is 8.81. The van der Waals surface area contributed by atoms with Crippen molar-refractivity contribution in [1.29, 1.82) is 0 Å². The topological polar surface area (TPSA) is 61.4 Å². The number of hydrogen-bond donors (Lipinski definition) is 2. The van der Waals surface area contributed by atoms with Crippen molar-refractivity contribution in [3.05, 3.63) is 59.4 Å². The zero-order valence-corrected chi connectivity index (χ0v) is 14.3. The van der Waals surface area contributed by atoms with Crippen LogP contribution in [0.2, 0.25) is 0 Å². The largest absolute Gasteiger partial charge is 0.369 e. The van der Waals surface area contributed by atoms with Gasteiger partial charge in [0.15, 0.2) is 0 Å². The molecule has 0 aliphatic carbocycles. The van der Waals surface area contributed by atoms with Gasteiger partial charge in [0.2, 0.25) is 11.8 Å². The van der Waals surface area contributed by atoms with Gasteiger partial charge in [0.05, 0.1) is 5.92 Å². The average Bonchev–Trinajstić information content (AvgIpc) is 3.04. The normalized spacial score (nSPS) is 18.1. The Morgan fingerprint density at radius 1 is 1.27 bits per heavy atom. The molecule has 0 bridgehead atoms. The predicted octanol–water partition coefficient (Wildman–Crippen LogP) is 2.43. The first-order chi connectivity index (χ1) is 12.6. The molecule has 0 saturated heterocycles. The van der Waals surface area contributed by atoms with Crippen LogP contribution in [0.25, 0.3) is 0 Å². The zero-order chi connectivity index (χ0) is 18.1. The Morgan fingerprint density at radius 3 is 3.00 bits per heavy atom. The van der Waals surface area contributed by atoms with Gasteiger partial charge in [0, 0.05) is 37.4 Å². The van der Waals surface area contributed by atoms with E-state index >= 15 is 0 Å². The molecule has 26 heavy (non-hydrogen) atoms. The van der Waals surface area contributed by atoms with E-state index in [2.05, 4.69) is 27.7 Å². The lowest BCUT2D eigenvalue weighted by Crippen LogP contribution is -2.39. The van der Waals surface area contributed by atoms with E-state index in [1.807, 2.05) is 12.1 Å². The van der Waals surface area contributed by atoms with E-state index in [1.54, 1.807) is 0 Å². The maximum atomic E-state index is 13.6. The van der Waals surface area contributed by atoms with Crippen molar-refractivity contribution in [2.24, 2.45) is 0 Å². The minimum atomic E-state index is -0.652. The Kier molecular flexibility index (Phi) is 4.32. The van der Waals surface area contributed by atoms with Crippen molar-refractivity contribution >= 4 is 23.2 Å². The van der Waals surface area contributed by atoms with E-state index in [0.29, 0.717) is 24.3 Å². The molecule has 2 N–H and O–H groups in total. The number of carbonyl (C=O) groups excluding carboxylic acids is 2. The third kappa shape index (κ3) is 3.14. The lowest BCUT2D eigenvalue weighted by Gasteiger charge is -2.25. The van der Waals surface area contributed by atoms with E-state index in [9.17, 15) is 14.0 Å². The highest BCUT2D eigenvalue weighted by Gasteiger charge is 2.31. The number of hydrogen-bond acceptors (Lipinski definition) is 3. The molecule has 0 spiro atoms. The molecule has 2 aliphatic heterocycles. The van der Waals surface area contributed by atoms with Crippen LogP contribution >= 0.6 is 0 Å². The van der Waals surface area contributed by atoms with E-state index < -0.39 is 11.7 Å². The van der Waals surface area contributed by atoms with Gasteiger partial charge >= 0.3 is 0 Å². The van der Waals surface area contributed by atoms with Crippen LogP contribution in [0, 0.1) is 5.82 Å². The molecule has 0 radical (unpaired) electrons. The molecular weight excluding hydrogens is 333 g/mol. The Morgan fingerprint density at radius 2 is 2.12 bits per heavy atom. The summed E-state index contributed by atoms with van der Waals surface area (Å²) in [6, 6.07) is 12.4. The number of halogens is 1. The molecule has 2 aliphatic rings. The van der Waals surface area contributed by atoms with Crippen molar-refractivity contribution in [1.82, 2.24) is 5.32 Å². The van der Waals surface area contributed by atoms with Crippen LogP contribution in [0.5, 0.6) is 0 Å². The summed E-state index contributed by atoms with van der Waals surface area (Å²) < 4.78 is 13.6. The van der Waals surface area contributed by atoms with Crippen molar-refractivity contribution in [3.8, 4) is 0 Å². The standard InChI is InChI=1S/C20H20FN3O2/c21-14-5-6-17-15(11-14)16(12-19(25)23-17)20(26)22-8-10-24-9-7-13-3-1-2-4-18(13)24/h1-6,11,16H,7-10,12H2,(H,22,26)(H,23,25)/t16-/m0/s1. The molecule has 0 unspecified atom stereocenters. The van der Waals surface area contributed by atoms with Gasteiger partial charge in [-0.25, -0.2) is 4.39 Å². The van der Waals surface area contributed by atoms with Gasteiger partial charge < -0.3 is 15.5 Å².